The van der Waals surface area contributed by atoms with E-state index in [0.717, 1.165) is 43.6 Å². The summed E-state index contributed by atoms with van der Waals surface area (Å²) >= 11 is 1.82. The Hall–Kier alpha value is -0.650. The second kappa shape index (κ2) is 6.41. The maximum atomic E-state index is 5.77. The van der Waals surface area contributed by atoms with Crippen LogP contribution >= 0.6 is 11.3 Å². The summed E-state index contributed by atoms with van der Waals surface area (Å²) in [6.45, 7) is 15.5. The van der Waals surface area contributed by atoms with Gasteiger partial charge in [-0.1, -0.05) is 13.8 Å². The lowest BCUT2D eigenvalue weighted by Crippen LogP contribution is -2.48. The molecule has 5 heteroatoms. The average molecular weight is 297 g/mol. The first kappa shape index (κ1) is 15.7. The highest BCUT2D eigenvalue weighted by molar-refractivity contribution is 7.15. The van der Waals surface area contributed by atoms with E-state index in [9.17, 15) is 0 Å². The second-order valence-electron chi connectivity index (χ2n) is 6.56. The van der Waals surface area contributed by atoms with E-state index in [4.69, 9.17) is 9.72 Å². The Kier molecular flexibility index (Phi) is 5.04. The van der Waals surface area contributed by atoms with E-state index >= 15 is 0 Å². The lowest BCUT2D eigenvalue weighted by Gasteiger charge is -2.38. The molecule has 0 aliphatic carbocycles. The maximum Gasteiger partial charge on any atom is 0.185 e. The topological polar surface area (TPSA) is 37.4 Å². The van der Waals surface area contributed by atoms with E-state index in [1.54, 1.807) is 0 Å². The number of morpholine rings is 1. The second-order valence-corrected chi connectivity index (χ2v) is 7.62. The molecule has 2 rings (SSSR count). The highest BCUT2D eigenvalue weighted by atomic mass is 32.1. The van der Waals surface area contributed by atoms with Crippen molar-refractivity contribution < 1.29 is 4.74 Å². The lowest BCUT2D eigenvalue weighted by molar-refractivity contribution is -0.0277. The molecule has 0 saturated carbocycles. The molecular formula is C15H27N3OS. The number of nitrogens with one attached hydrogen (secondary N) is 1. The van der Waals surface area contributed by atoms with Crippen LogP contribution in [-0.4, -0.2) is 36.8 Å². The number of anilines is 1. The third-order valence-corrected chi connectivity index (χ3v) is 4.63. The first-order valence-corrected chi connectivity index (χ1v) is 8.25. The van der Waals surface area contributed by atoms with Gasteiger partial charge in [-0.2, -0.15) is 0 Å². The molecule has 1 saturated heterocycles. The molecule has 1 aliphatic rings. The number of hydrogen-bond donors (Lipinski definition) is 1. The van der Waals surface area contributed by atoms with Crippen molar-refractivity contribution in [1.29, 1.82) is 0 Å². The van der Waals surface area contributed by atoms with E-state index in [0.29, 0.717) is 5.92 Å². The number of ether oxygens (including phenoxy) is 1. The molecule has 4 nitrogen and oxygen atoms in total. The monoisotopic (exact) mass is 297 g/mol. The fourth-order valence-electron chi connectivity index (χ4n) is 2.37. The highest BCUT2D eigenvalue weighted by Gasteiger charge is 2.29. The number of thiazole rings is 1. The van der Waals surface area contributed by atoms with E-state index < -0.39 is 0 Å². The Morgan fingerprint density at radius 3 is 2.85 bits per heavy atom. The Bertz CT molecular complexity index is 442. The minimum absolute atomic E-state index is 0.0755. The molecule has 1 aliphatic heterocycles. The molecule has 1 aromatic heterocycles. The SMILES string of the molecule is Cc1nc(N2CCOC(C)(C)C2)sc1CNCC(C)C. The molecule has 114 valence electrons. The first-order valence-electron chi connectivity index (χ1n) is 7.43. The van der Waals surface area contributed by atoms with Gasteiger partial charge >= 0.3 is 0 Å². The van der Waals surface area contributed by atoms with Gasteiger partial charge in [-0.25, -0.2) is 4.98 Å². The van der Waals surface area contributed by atoms with Crippen molar-refractivity contribution in [2.75, 3.05) is 31.1 Å². The first-order chi connectivity index (χ1) is 9.37. The van der Waals surface area contributed by atoms with Crippen LogP contribution in [0, 0.1) is 12.8 Å². The summed E-state index contributed by atoms with van der Waals surface area (Å²) < 4.78 is 5.77. The van der Waals surface area contributed by atoms with E-state index in [2.05, 4.69) is 44.8 Å². The number of rotatable bonds is 5. The van der Waals surface area contributed by atoms with Gasteiger partial charge in [0, 0.05) is 24.5 Å². The van der Waals surface area contributed by atoms with E-state index in [1.165, 1.54) is 4.88 Å². The van der Waals surface area contributed by atoms with Gasteiger partial charge in [-0.3, -0.25) is 0 Å². The van der Waals surface area contributed by atoms with Crippen molar-refractivity contribution in [1.82, 2.24) is 10.3 Å². The van der Waals surface area contributed by atoms with Crippen LogP contribution in [0.4, 0.5) is 5.13 Å². The van der Waals surface area contributed by atoms with Crippen LogP contribution in [0.25, 0.3) is 0 Å². The van der Waals surface area contributed by atoms with Crippen LogP contribution in [0.5, 0.6) is 0 Å². The van der Waals surface area contributed by atoms with Gasteiger partial charge in [-0.15, -0.1) is 11.3 Å². The average Bonchev–Trinajstić information content (AvgIpc) is 2.69. The number of aryl methyl sites for hydroxylation is 1. The van der Waals surface area contributed by atoms with Crippen LogP contribution in [0.3, 0.4) is 0 Å². The Morgan fingerprint density at radius 1 is 1.45 bits per heavy atom. The zero-order valence-electron chi connectivity index (χ0n) is 13.3. The Balaban J connectivity index is 1.99. The normalized spacial score (nSPS) is 18.8. The zero-order valence-corrected chi connectivity index (χ0v) is 14.1. The maximum absolute atomic E-state index is 5.77. The zero-order chi connectivity index (χ0) is 14.8. The minimum Gasteiger partial charge on any atom is -0.372 e. The number of aromatic nitrogens is 1. The van der Waals surface area contributed by atoms with E-state index in [-0.39, 0.29) is 5.60 Å². The van der Waals surface area contributed by atoms with Crippen LogP contribution in [-0.2, 0) is 11.3 Å². The van der Waals surface area contributed by atoms with Gasteiger partial charge in [0.2, 0.25) is 0 Å². The van der Waals surface area contributed by atoms with Crippen molar-refractivity contribution in [3.63, 3.8) is 0 Å². The molecule has 0 radical (unpaired) electrons. The molecule has 1 aromatic rings. The molecule has 20 heavy (non-hydrogen) atoms. The summed E-state index contributed by atoms with van der Waals surface area (Å²) in [6, 6.07) is 0. The summed E-state index contributed by atoms with van der Waals surface area (Å²) in [5.74, 6) is 0.683. The van der Waals surface area contributed by atoms with Gasteiger partial charge in [0.05, 0.1) is 17.9 Å². The molecule has 0 aromatic carbocycles. The van der Waals surface area contributed by atoms with Gasteiger partial charge in [0.1, 0.15) is 0 Å². The van der Waals surface area contributed by atoms with Crippen LogP contribution in [0.2, 0.25) is 0 Å². The van der Waals surface area contributed by atoms with Crippen LogP contribution < -0.4 is 10.2 Å². The minimum atomic E-state index is -0.0755. The molecule has 0 amide bonds. The quantitative estimate of drug-likeness (QED) is 0.907. The highest BCUT2D eigenvalue weighted by Crippen LogP contribution is 2.29. The van der Waals surface area contributed by atoms with Crippen molar-refractivity contribution in [2.24, 2.45) is 5.92 Å². The van der Waals surface area contributed by atoms with Gasteiger partial charge in [0.25, 0.3) is 0 Å². The molecule has 2 heterocycles. The molecule has 0 bridgehead atoms. The summed E-state index contributed by atoms with van der Waals surface area (Å²) in [4.78, 5) is 8.45. The van der Waals surface area contributed by atoms with Crippen molar-refractivity contribution in [3.05, 3.63) is 10.6 Å². The van der Waals surface area contributed by atoms with Gasteiger partial charge < -0.3 is 15.0 Å². The number of nitrogens with zero attached hydrogens (tertiary/aromatic N) is 2. The molecule has 1 N–H and O–H groups in total. The van der Waals surface area contributed by atoms with Crippen LogP contribution in [0.15, 0.2) is 0 Å². The van der Waals surface area contributed by atoms with E-state index in [1.807, 2.05) is 11.3 Å². The molecular weight excluding hydrogens is 270 g/mol. The summed E-state index contributed by atoms with van der Waals surface area (Å²) in [7, 11) is 0. The Labute approximate surface area is 126 Å². The van der Waals surface area contributed by atoms with Crippen molar-refractivity contribution in [3.8, 4) is 0 Å². The van der Waals surface area contributed by atoms with Crippen LogP contribution in [0.1, 0.15) is 38.3 Å². The number of hydrogen-bond acceptors (Lipinski definition) is 5. The van der Waals surface area contributed by atoms with Gasteiger partial charge in [-0.05, 0) is 33.2 Å². The fraction of sp³-hybridized carbons (Fsp3) is 0.800. The predicted octanol–water partition coefficient (Wildman–Crippen LogP) is 2.81. The molecule has 0 unspecified atom stereocenters. The summed E-state index contributed by atoms with van der Waals surface area (Å²) in [6.07, 6.45) is 0. The molecule has 0 atom stereocenters. The standard InChI is InChI=1S/C15H27N3OS/c1-11(2)8-16-9-13-12(3)17-14(20-13)18-6-7-19-15(4,5)10-18/h11,16H,6-10H2,1-5H3. The smallest absolute Gasteiger partial charge is 0.185 e. The molecule has 0 spiro atoms. The summed E-state index contributed by atoms with van der Waals surface area (Å²) in [5.41, 5.74) is 1.08. The lowest BCUT2D eigenvalue weighted by atomic mass is 10.1. The predicted molar refractivity (Wildman–Crippen MR) is 85.6 cm³/mol. The largest absolute Gasteiger partial charge is 0.372 e. The summed E-state index contributed by atoms with van der Waals surface area (Å²) in [5, 5.41) is 4.64. The van der Waals surface area contributed by atoms with Crippen molar-refractivity contribution in [2.45, 2.75) is 46.8 Å². The van der Waals surface area contributed by atoms with Gasteiger partial charge in [0.15, 0.2) is 5.13 Å². The van der Waals surface area contributed by atoms with Crippen molar-refractivity contribution >= 4 is 16.5 Å². The third kappa shape index (κ3) is 4.17. The molecule has 1 fully saturated rings. The Morgan fingerprint density at radius 2 is 2.20 bits per heavy atom. The fourth-order valence-corrected chi connectivity index (χ4v) is 3.42. The third-order valence-electron chi connectivity index (χ3n) is 3.42.